The minimum atomic E-state index is -0.0364. The first-order valence-electron chi connectivity index (χ1n) is 8.09. The normalized spacial score (nSPS) is 10.5. The predicted octanol–water partition coefficient (Wildman–Crippen LogP) is 3.72. The van der Waals surface area contributed by atoms with Crippen LogP contribution in [0.3, 0.4) is 0 Å². The van der Waals surface area contributed by atoms with Crippen LogP contribution >= 0.6 is 0 Å². The van der Waals surface area contributed by atoms with E-state index in [2.05, 4.69) is 20.8 Å². The number of allylic oxidation sites excluding steroid dienone is 1. The van der Waals surface area contributed by atoms with E-state index in [1.807, 2.05) is 0 Å². The molecule has 0 saturated carbocycles. The van der Waals surface area contributed by atoms with E-state index < -0.39 is 0 Å². The molecule has 3 heteroatoms. The summed E-state index contributed by atoms with van der Waals surface area (Å²) >= 11 is 0. The summed E-state index contributed by atoms with van der Waals surface area (Å²) in [6, 6.07) is 0. The van der Waals surface area contributed by atoms with Crippen LogP contribution in [0.15, 0.2) is 11.1 Å². The third-order valence-corrected chi connectivity index (χ3v) is 3.68. The van der Waals surface area contributed by atoms with Crippen molar-refractivity contribution in [1.29, 1.82) is 0 Å². The highest BCUT2D eigenvalue weighted by Gasteiger charge is 2.15. The van der Waals surface area contributed by atoms with Gasteiger partial charge in [-0.3, -0.25) is 0 Å². The summed E-state index contributed by atoms with van der Waals surface area (Å²) in [6.45, 7) is 6.59. The highest BCUT2D eigenvalue weighted by molar-refractivity contribution is 6.09. The molecular weight excluding hydrogens is 252 g/mol. The van der Waals surface area contributed by atoms with E-state index in [1.54, 1.807) is 0 Å². The second kappa shape index (κ2) is 12.5. The molecule has 0 heterocycles. The molecule has 0 aromatic rings. The minimum Gasteiger partial charge on any atom is -0.467 e. The second-order valence-corrected chi connectivity index (χ2v) is 5.69. The molecule has 0 aromatic carbocycles. The van der Waals surface area contributed by atoms with Gasteiger partial charge in [0.2, 0.25) is 0 Å². The quantitative estimate of drug-likeness (QED) is 0.328. The van der Waals surface area contributed by atoms with Gasteiger partial charge >= 0.3 is 5.97 Å². The van der Waals surface area contributed by atoms with Crippen LogP contribution < -0.4 is 0 Å². The second-order valence-electron chi connectivity index (χ2n) is 5.11. The van der Waals surface area contributed by atoms with E-state index in [0.717, 1.165) is 47.9 Å². The zero-order valence-corrected chi connectivity index (χ0v) is 15.4. The maximum atomic E-state index is 12.2. The van der Waals surface area contributed by atoms with Crippen molar-refractivity contribution in [3.8, 4) is 0 Å². The monoisotopic (exact) mass is 284 g/mol. The smallest absolute Gasteiger partial charge is 0.333 e. The Morgan fingerprint density at radius 3 is 1.79 bits per heavy atom. The van der Waals surface area contributed by atoms with Crippen LogP contribution in [-0.2, 0) is 9.53 Å². The zero-order chi connectivity index (χ0) is 14.5. The zero-order valence-electron chi connectivity index (χ0n) is 13.4. The molecule has 19 heavy (non-hydrogen) atoms. The van der Waals surface area contributed by atoms with Crippen molar-refractivity contribution in [1.82, 2.24) is 0 Å². The number of rotatable bonds is 11. The highest BCUT2D eigenvalue weighted by Crippen LogP contribution is 2.24. The molecule has 0 aliphatic heterocycles. The summed E-state index contributed by atoms with van der Waals surface area (Å²) < 4.78 is 5.31. The average molecular weight is 285 g/mol. The first-order valence-corrected chi connectivity index (χ1v) is 9.50. The van der Waals surface area contributed by atoms with E-state index in [-0.39, 0.29) is 5.97 Å². The first kappa shape index (κ1) is 18.4. The third-order valence-electron chi connectivity index (χ3n) is 3.39. The van der Waals surface area contributed by atoms with Gasteiger partial charge in [0.05, 0.1) is 16.5 Å². The third kappa shape index (κ3) is 8.25. The van der Waals surface area contributed by atoms with E-state index in [0.29, 0.717) is 6.23 Å². The van der Waals surface area contributed by atoms with Crippen molar-refractivity contribution < 1.29 is 9.53 Å². The highest BCUT2D eigenvalue weighted by atomic mass is 28.1. The molecule has 0 aromatic heterocycles. The molecule has 0 aliphatic carbocycles. The molecular formula is C16H32O2Si. The van der Waals surface area contributed by atoms with Gasteiger partial charge < -0.3 is 4.74 Å². The lowest BCUT2D eigenvalue weighted by molar-refractivity contribution is -0.137. The van der Waals surface area contributed by atoms with Crippen LogP contribution in [0.2, 0.25) is 0 Å². The van der Waals surface area contributed by atoms with Gasteiger partial charge in [0.1, 0.15) is 0 Å². The molecule has 0 radical (unpaired) electrons. The Bertz CT molecular complexity index is 262. The van der Waals surface area contributed by atoms with E-state index >= 15 is 0 Å². The number of unbranched alkanes of at least 4 members (excludes halogenated alkanes) is 3. The fourth-order valence-electron chi connectivity index (χ4n) is 2.20. The number of hydrogen-bond acceptors (Lipinski definition) is 2. The Labute approximate surface area is 122 Å². The van der Waals surface area contributed by atoms with Crippen LogP contribution in [0.25, 0.3) is 0 Å². The van der Waals surface area contributed by atoms with Gasteiger partial charge in [-0.15, -0.1) is 0 Å². The largest absolute Gasteiger partial charge is 0.467 e. The van der Waals surface area contributed by atoms with E-state index in [9.17, 15) is 4.79 Å². The van der Waals surface area contributed by atoms with Crippen molar-refractivity contribution in [2.75, 3.05) is 6.23 Å². The summed E-state index contributed by atoms with van der Waals surface area (Å²) in [6.07, 6.45) is 10.6. The molecule has 0 amide bonds. The average Bonchev–Trinajstić information content (AvgIpc) is 2.41. The van der Waals surface area contributed by atoms with Gasteiger partial charge in [-0.25, -0.2) is 4.79 Å². The molecule has 0 rings (SSSR count). The minimum absolute atomic E-state index is 0.0364. The van der Waals surface area contributed by atoms with Crippen molar-refractivity contribution >= 4 is 16.2 Å². The summed E-state index contributed by atoms with van der Waals surface area (Å²) in [5.41, 5.74) is 2.37. The van der Waals surface area contributed by atoms with Crippen LogP contribution in [0.4, 0.5) is 0 Å². The lowest BCUT2D eigenvalue weighted by atomic mass is 9.94. The van der Waals surface area contributed by atoms with Crippen LogP contribution in [0, 0.1) is 0 Å². The standard InChI is InChI=1S/C16H32O2Si/c1-4-7-10-14(11-8-5-2)15(12-9-6-3)16(17)18-13-19/h4-13H2,1-3,19H3. The summed E-state index contributed by atoms with van der Waals surface area (Å²) in [5, 5.41) is 0. The molecule has 112 valence electrons. The predicted molar refractivity (Wildman–Crippen MR) is 86.5 cm³/mol. The van der Waals surface area contributed by atoms with E-state index in [4.69, 9.17) is 4.74 Å². The molecule has 0 aliphatic rings. The number of hydrogen-bond donors (Lipinski definition) is 0. The molecule has 2 nitrogen and oxygen atoms in total. The Kier molecular flexibility index (Phi) is 12.1. The molecule has 0 fully saturated rings. The Morgan fingerprint density at radius 1 is 0.895 bits per heavy atom. The summed E-state index contributed by atoms with van der Waals surface area (Å²) in [5.74, 6) is -0.0364. The van der Waals surface area contributed by atoms with Crippen LogP contribution in [0.5, 0.6) is 0 Å². The molecule has 0 N–H and O–H groups in total. The fraction of sp³-hybridized carbons (Fsp3) is 0.812. The van der Waals surface area contributed by atoms with Crippen molar-refractivity contribution in [3.05, 3.63) is 11.1 Å². The number of ether oxygens (including phenoxy) is 1. The van der Waals surface area contributed by atoms with Crippen molar-refractivity contribution in [2.45, 2.75) is 78.6 Å². The molecule has 0 spiro atoms. The topological polar surface area (TPSA) is 26.3 Å². The lowest BCUT2D eigenvalue weighted by Crippen LogP contribution is -2.12. The SMILES string of the molecule is CCCCC(CCCC)=C(CCCC)C(=O)OC[SiH3]. The van der Waals surface area contributed by atoms with Gasteiger partial charge in [-0.1, -0.05) is 45.6 Å². The fourth-order valence-corrected chi connectivity index (χ4v) is 2.46. The molecule has 0 bridgehead atoms. The maximum Gasteiger partial charge on any atom is 0.333 e. The van der Waals surface area contributed by atoms with Gasteiger partial charge in [0.15, 0.2) is 0 Å². The number of esters is 1. The maximum absolute atomic E-state index is 12.2. The van der Waals surface area contributed by atoms with Gasteiger partial charge in [-0.05, 0) is 38.5 Å². The van der Waals surface area contributed by atoms with Crippen LogP contribution in [-0.4, -0.2) is 22.4 Å². The lowest BCUT2D eigenvalue weighted by Gasteiger charge is -2.14. The van der Waals surface area contributed by atoms with Gasteiger partial charge in [-0.2, -0.15) is 0 Å². The molecule has 0 saturated heterocycles. The summed E-state index contributed by atoms with van der Waals surface area (Å²) in [7, 11) is 0.924. The Balaban J connectivity index is 4.96. The van der Waals surface area contributed by atoms with Gasteiger partial charge in [0, 0.05) is 5.57 Å². The Morgan fingerprint density at radius 2 is 1.37 bits per heavy atom. The van der Waals surface area contributed by atoms with Gasteiger partial charge in [0.25, 0.3) is 0 Å². The summed E-state index contributed by atoms with van der Waals surface area (Å²) in [4.78, 5) is 12.2. The van der Waals surface area contributed by atoms with E-state index in [1.165, 1.54) is 31.3 Å². The van der Waals surface area contributed by atoms with Crippen molar-refractivity contribution in [3.63, 3.8) is 0 Å². The number of carbonyl (C=O) groups is 1. The molecule has 0 atom stereocenters. The van der Waals surface area contributed by atoms with Crippen LogP contribution in [0.1, 0.15) is 78.6 Å². The molecule has 0 unspecified atom stereocenters. The number of carbonyl (C=O) groups excluding carboxylic acids is 1. The Hall–Kier alpha value is -0.573. The first-order chi connectivity index (χ1) is 9.21. The van der Waals surface area contributed by atoms with Crippen molar-refractivity contribution in [2.24, 2.45) is 0 Å².